The fourth-order valence-electron chi connectivity index (χ4n) is 1.28. The van der Waals surface area contributed by atoms with Gasteiger partial charge in [-0.3, -0.25) is 4.79 Å². The molecule has 0 bridgehead atoms. The summed E-state index contributed by atoms with van der Waals surface area (Å²) < 4.78 is 21.2. The van der Waals surface area contributed by atoms with Crippen LogP contribution in [0.25, 0.3) is 0 Å². The summed E-state index contributed by atoms with van der Waals surface area (Å²) in [6, 6.07) is 0. The van der Waals surface area contributed by atoms with Crippen LogP contribution in [-0.2, 0) is 23.7 Å². The van der Waals surface area contributed by atoms with Crippen molar-refractivity contribution in [2.75, 3.05) is 33.2 Å². The van der Waals surface area contributed by atoms with E-state index in [2.05, 4.69) is 13.8 Å². The van der Waals surface area contributed by atoms with Gasteiger partial charge in [-0.1, -0.05) is 26.7 Å². The first kappa shape index (κ1) is 18.4. The fraction of sp³-hybridized carbons (Fsp3) is 0.929. The van der Waals surface area contributed by atoms with Crippen LogP contribution in [0.1, 0.15) is 46.5 Å². The van der Waals surface area contributed by atoms with E-state index in [1.807, 2.05) is 0 Å². The third-order valence-electron chi connectivity index (χ3n) is 2.46. The van der Waals surface area contributed by atoms with Crippen LogP contribution in [0.15, 0.2) is 0 Å². The van der Waals surface area contributed by atoms with Crippen LogP contribution in [0.3, 0.4) is 0 Å². The number of hydrogen-bond donors (Lipinski definition) is 0. The molecule has 0 saturated carbocycles. The number of esters is 1. The van der Waals surface area contributed by atoms with Gasteiger partial charge in [-0.2, -0.15) is 0 Å². The highest BCUT2D eigenvalue weighted by atomic mass is 16.7. The summed E-state index contributed by atoms with van der Waals surface area (Å²) in [5.74, 6) is -0.349. The molecule has 5 nitrogen and oxygen atoms in total. The molecular formula is C14H28O5. The first-order chi connectivity index (χ1) is 9.20. The van der Waals surface area contributed by atoms with Gasteiger partial charge in [0.25, 0.3) is 0 Å². The zero-order valence-corrected chi connectivity index (χ0v) is 12.5. The maximum atomic E-state index is 10.7. The van der Waals surface area contributed by atoms with Crippen LogP contribution >= 0.6 is 0 Å². The second-order valence-corrected chi connectivity index (χ2v) is 4.40. The van der Waals surface area contributed by atoms with E-state index in [9.17, 15) is 4.79 Å². The zero-order valence-electron chi connectivity index (χ0n) is 12.5. The van der Waals surface area contributed by atoms with Crippen molar-refractivity contribution in [3.05, 3.63) is 0 Å². The Morgan fingerprint density at radius 3 is 1.95 bits per heavy atom. The molecule has 5 heteroatoms. The third-order valence-corrected chi connectivity index (χ3v) is 2.46. The average Bonchev–Trinajstić information content (AvgIpc) is 2.38. The van der Waals surface area contributed by atoms with Gasteiger partial charge in [0, 0.05) is 20.1 Å². The zero-order chi connectivity index (χ0) is 14.3. The lowest BCUT2D eigenvalue weighted by atomic mass is 10.3. The Bertz CT molecular complexity index is 196. The normalized spacial score (nSPS) is 10.9. The Labute approximate surface area is 116 Å². The Morgan fingerprint density at radius 2 is 1.53 bits per heavy atom. The van der Waals surface area contributed by atoms with Crippen molar-refractivity contribution in [2.45, 2.75) is 52.6 Å². The lowest BCUT2D eigenvalue weighted by molar-refractivity contribution is -0.165. The average molecular weight is 276 g/mol. The highest BCUT2D eigenvalue weighted by Gasteiger charge is 2.10. The first-order valence-electron chi connectivity index (χ1n) is 7.11. The lowest BCUT2D eigenvalue weighted by Crippen LogP contribution is -2.27. The van der Waals surface area contributed by atoms with Crippen molar-refractivity contribution in [1.82, 2.24) is 0 Å². The molecule has 0 heterocycles. The molecule has 19 heavy (non-hydrogen) atoms. The van der Waals surface area contributed by atoms with Crippen molar-refractivity contribution in [3.63, 3.8) is 0 Å². The van der Waals surface area contributed by atoms with E-state index >= 15 is 0 Å². The summed E-state index contributed by atoms with van der Waals surface area (Å²) in [6.45, 7) is 7.92. The monoisotopic (exact) mass is 276 g/mol. The molecule has 0 aromatic carbocycles. The number of unbranched alkanes of at least 4 members (excludes halogenated alkanes) is 2. The van der Waals surface area contributed by atoms with Gasteiger partial charge in [0.15, 0.2) is 6.79 Å². The summed E-state index contributed by atoms with van der Waals surface area (Å²) >= 11 is 0. The van der Waals surface area contributed by atoms with E-state index < -0.39 is 0 Å². The molecule has 0 unspecified atom stereocenters. The number of carbonyl (C=O) groups is 1. The number of carbonyl (C=O) groups excluding carboxylic acids is 1. The molecule has 0 aliphatic carbocycles. The van der Waals surface area contributed by atoms with E-state index in [-0.39, 0.29) is 18.9 Å². The molecule has 0 spiro atoms. The minimum absolute atomic E-state index is 0.0473. The molecule has 0 fully saturated rings. The van der Waals surface area contributed by atoms with E-state index in [1.165, 1.54) is 6.92 Å². The van der Waals surface area contributed by atoms with Gasteiger partial charge in [-0.25, -0.2) is 0 Å². The molecule has 0 N–H and O–H groups in total. The third kappa shape index (κ3) is 13.6. The predicted octanol–water partition coefficient (Wildman–Crippen LogP) is 2.53. The maximum Gasteiger partial charge on any atom is 0.304 e. The van der Waals surface area contributed by atoms with Crippen LogP contribution in [-0.4, -0.2) is 45.3 Å². The second-order valence-electron chi connectivity index (χ2n) is 4.40. The highest BCUT2D eigenvalue weighted by molar-refractivity contribution is 5.65. The van der Waals surface area contributed by atoms with Gasteiger partial charge in [-0.05, 0) is 12.8 Å². The standard InChI is InChI=1S/C14H28O5/c1-4-6-8-16-10-14(11-17-9-7-5-2)19-12-18-13(3)15/h14H,4-12H2,1-3H3. The van der Waals surface area contributed by atoms with Gasteiger partial charge < -0.3 is 18.9 Å². The van der Waals surface area contributed by atoms with Gasteiger partial charge in [0.2, 0.25) is 0 Å². The minimum Gasteiger partial charge on any atom is -0.439 e. The molecule has 0 rings (SSSR count). The Morgan fingerprint density at radius 1 is 1.00 bits per heavy atom. The van der Waals surface area contributed by atoms with Crippen LogP contribution in [0.2, 0.25) is 0 Å². The molecule has 0 aromatic heterocycles. The molecule has 114 valence electrons. The summed E-state index contributed by atoms with van der Waals surface area (Å²) in [6.07, 6.45) is 4.09. The van der Waals surface area contributed by atoms with Crippen LogP contribution < -0.4 is 0 Å². The van der Waals surface area contributed by atoms with Crippen LogP contribution in [0.4, 0.5) is 0 Å². The van der Waals surface area contributed by atoms with E-state index in [4.69, 9.17) is 18.9 Å². The summed E-state index contributed by atoms with van der Waals surface area (Å²) in [5, 5.41) is 0. The highest BCUT2D eigenvalue weighted by Crippen LogP contribution is 1.99. The molecule has 0 amide bonds. The minimum atomic E-state index is -0.349. The lowest BCUT2D eigenvalue weighted by Gasteiger charge is -2.18. The predicted molar refractivity (Wildman–Crippen MR) is 73.0 cm³/mol. The summed E-state index contributed by atoms with van der Waals surface area (Å²) in [7, 11) is 0. The van der Waals surface area contributed by atoms with Crippen molar-refractivity contribution < 1.29 is 23.7 Å². The SMILES string of the molecule is CCCCOCC(COCCCC)OCOC(C)=O. The van der Waals surface area contributed by atoms with Gasteiger partial charge >= 0.3 is 5.97 Å². The largest absolute Gasteiger partial charge is 0.439 e. The van der Waals surface area contributed by atoms with Gasteiger partial charge in [-0.15, -0.1) is 0 Å². The number of rotatable bonds is 13. The smallest absolute Gasteiger partial charge is 0.304 e. The van der Waals surface area contributed by atoms with E-state index in [1.54, 1.807) is 0 Å². The number of ether oxygens (including phenoxy) is 4. The molecule has 0 radical (unpaired) electrons. The van der Waals surface area contributed by atoms with Crippen LogP contribution in [0.5, 0.6) is 0 Å². The van der Waals surface area contributed by atoms with Crippen molar-refractivity contribution in [3.8, 4) is 0 Å². The molecule has 0 saturated heterocycles. The van der Waals surface area contributed by atoms with Crippen molar-refractivity contribution in [2.24, 2.45) is 0 Å². The molecule has 0 aromatic rings. The molecular weight excluding hydrogens is 248 g/mol. The molecule has 0 aliphatic rings. The molecule has 0 aliphatic heterocycles. The Hall–Kier alpha value is -0.650. The van der Waals surface area contributed by atoms with Crippen molar-refractivity contribution in [1.29, 1.82) is 0 Å². The topological polar surface area (TPSA) is 54.0 Å². The fourth-order valence-corrected chi connectivity index (χ4v) is 1.28. The maximum absolute atomic E-state index is 10.7. The molecule has 0 atom stereocenters. The van der Waals surface area contributed by atoms with Crippen molar-refractivity contribution >= 4 is 5.97 Å². The van der Waals surface area contributed by atoms with Gasteiger partial charge in [0.05, 0.1) is 13.2 Å². The second kappa shape index (κ2) is 13.8. The van der Waals surface area contributed by atoms with E-state index in [0.717, 1.165) is 38.9 Å². The Balaban J connectivity index is 3.75. The van der Waals surface area contributed by atoms with Gasteiger partial charge in [0.1, 0.15) is 6.10 Å². The quantitative estimate of drug-likeness (QED) is 0.294. The first-order valence-corrected chi connectivity index (χ1v) is 7.11. The summed E-state index contributed by atoms with van der Waals surface area (Å²) in [4.78, 5) is 10.7. The number of hydrogen-bond acceptors (Lipinski definition) is 5. The van der Waals surface area contributed by atoms with Crippen LogP contribution in [0, 0.1) is 0 Å². The summed E-state index contributed by atoms with van der Waals surface area (Å²) in [5.41, 5.74) is 0. The van der Waals surface area contributed by atoms with E-state index in [0.29, 0.717) is 13.2 Å². The Kier molecular flexibility index (Phi) is 13.3.